The molecule has 1 N–H and O–H groups in total. The summed E-state index contributed by atoms with van der Waals surface area (Å²) in [5.41, 5.74) is 0.958. The van der Waals surface area contributed by atoms with E-state index in [9.17, 15) is 13.2 Å². The number of rotatable bonds is 5. The molecule has 4 nitrogen and oxygen atoms in total. The van der Waals surface area contributed by atoms with Crippen molar-refractivity contribution in [3.8, 4) is 0 Å². The van der Waals surface area contributed by atoms with E-state index in [2.05, 4.69) is 11.6 Å². The summed E-state index contributed by atoms with van der Waals surface area (Å²) in [6.07, 6.45) is 6.14. The van der Waals surface area contributed by atoms with E-state index in [4.69, 9.17) is 0 Å². The van der Waals surface area contributed by atoms with E-state index in [1.165, 1.54) is 0 Å². The maximum Gasteiger partial charge on any atom is 0.229 e. The first-order chi connectivity index (χ1) is 9.36. The van der Waals surface area contributed by atoms with Crippen molar-refractivity contribution in [1.29, 1.82) is 0 Å². The summed E-state index contributed by atoms with van der Waals surface area (Å²) in [6, 6.07) is 6.72. The molecule has 0 amide bonds. The van der Waals surface area contributed by atoms with Crippen molar-refractivity contribution in [3.63, 3.8) is 0 Å². The molecule has 1 saturated carbocycles. The van der Waals surface area contributed by atoms with E-state index in [1.807, 2.05) is 0 Å². The number of hydrogen-bond donors (Lipinski definition) is 1. The molecule has 0 atom stereocenters. The van der Waals surface area contributed by atoms with Gasteiger partial charge in [-0.15, -0.1) is 0 Å². The maximum absolute atomic E-state index is 12.7. The van der Waals surface area contributed by atoms with E-state index < -0.39 is 10.0 Å². The lowest BCUT2D eigenvalue weighted by Gasteiger charge is -2.25. The predicted molar refractivity (Wildman–Crippen MR) is 80.4 cm³/mol. The summed E-state index contributed by atoms with van der Waals surface area (Å²) in [4.78, 5) is 12.7. The summed E-state index contributed by atoms with van der Waals surface area (Å²) >= 11 is 0. The number of carbonyl (C=O) groups is 1. The van der Waals surface area contributed by atoms with Crippen LogP contribution in [0.3, 0.4) is 0 Å². The summed E-state index contributed by atoms with van der Waals surface area (Å²) in [5.74, 6) is 0.198. The predicted octanol–water partition coefficient (Wildman–Crippen LogP) is 3.21. The zero-order valence-electron chi connectivity index (χ0n) is 12.0. The van der Waals surface area contributed by atoms with Gasteiger partial charge in [-0.05, 0) is 43.5 Å². The Kier molecular flexibility index (Phi) is 4.18. The van der Waals surface area contributed by atoms with Crippen LogP contribution in [0.4, 0.5) is 5.69 Å². The summed E-state index contributed by atoms with van der Waals surface area (Å²) in [5, 5.41) is 0. The van der Waals surface area contributed by atoms with Crippen LogP contribution in [0, 0.1) is 5.41 Å². The SMILES string of the molecule is CCC1(C(=O)c2ccc(NS(C)(=O)=O)cc2)CCCC1. The Morgan fingerprint density at radius 1 is 1.20 bits per heavy atom. The van der Waals surface area contributed by atoms with Gasteiger partial charge in [-0.1, -0.05) is 19.8 Å². The number of carbonyl (C=O) groups excluding carboxylic acids is 1. The standard InChI is InChI=1S/C15H21NO3S/c1-3-15(10-4-5-11-15)14(17)12-6-8-13(9-7-12)16-20(2,18)19/h6-9,16H,3-5,10-11H2,1-2H3. The molecule has 0 heterocycles. The van der Waals surface area contributed by atoms with Crippen LogP contribution in [0.2, 0.25) is 0 Å². The van der Waals surface area contributed by atoms with Gasteiger partial charge in [0, 0.05) is 16.7 Å². The number of benzene rings is 1. The molecule has 0 aliphatic heterocycles. The largest absolute Gasteiger partial charge is 0.294 e. The Balaban J connectivity index is 2.19. The van der Waals surface area contributed by atoms with Crippen LogP contribution in [0.25, 0.3) is 0 Å². The number of anilines is 1. The Bertz CT molecular complexity index is 584. The number of sulfonamides is 1. The van der Waals surface area contributed by atoms with Crippen molar-refractivity contribution in [3.05, 3.63) is 29.8 Å². The number of hydrogen-bond acceptors (Lipinski definition) is 3. The third kappa shape index (κ3) is 3.20. The van der Waals surface area contributed by atoms with Crippen molar-refractivity contribution >= 4 is 21.5 Å². The summed E-state index contributed by atoms with van der Waals surface area (Å²) < 4.78 is 24.7. The van der Waals surface area contributed by atoms with Crippen molar-refractivity contribution in [2.24, 2.45) is 5.41 Å². The molecule has 0 spiro atoms. The van der Waals surface area contributed by atoms with Crippen molar-refractivity contribution in [2.45, 2.75) is 39.0 Å². The molecule has 1 fully saturated rings. The quantitative estimate of drug-likeness (QED) is 0.848. The third-order valence-corrected chi connectivity index (χ3v) is 4.78. The minimum absolute atomic E-state index is 0.198. The lowest BCUT2D eigenvalue weighted by Crippen LogP contribution is -2.27. The third-order valence-electron chi connectivity index (χ3n) is 4.17. The fraction of sp³-hybridized carbons (Fsp3) is 0.533. The molecule has 110 valence electrons. The highest BCUT2D eigenvalue weighted by atomic mass is 32.2. The molecule has 2 rings (SSSR count). The van der Waals surface area contributed by atoms with Gasteiger partial charge in [0.05, 0.1) is 6.26 Å². The molecule has 0 bridgehead atoms. The van der Waals surface area contributed by atoms with Crippen LogP contribution in [-0.4, -0.2) is 20.5 Å². The van der Waals surface area contributed by atoms with Crippen LogP contribution in [0.15, 0.2) is 24.3 Å². The van der Waals surface area contributed by atoms with E-state index in [1.54, 1.807) is 24.3 Å². The maximum atomic E-state index is 12.7. The number of ketones is 1. The molecule has 0 aromatic heterocycles. The highest BCUT2D eigenvalue weighted by Gasteiger charge is 2.39. The van der Waals surface area contributed by atoms with Crippen LogP contribution in [-0.2, 0) is 10.0 Å². The van der Waals surface area contributed by atoms with Crippen molar-refractivity contribution < 1.29 is 13.2 Å². The first kappa shape index (κ1) is 15.0. The highest BCUT2D eigenvalue weighted by molar-refractivity contribution is 7.92. The molecule has 1 aliphatic carbocycles. The fourth-order valence-corrected chi connectivity index (χ4v) is 3.57. The molecule has 0 saturated heterocycles. The Morgan fingerprint density at radius 3 is 2.20 bits per heavy atom. The second-order valence-electron chi connectivity index (χ2n) is 5.62. The van der Waals surface area contributed by atoms with Gasteiger partial charge >= 0.3 is 0 Å². The number of Topliss-reactive ketones (excluding diaryl/α,β-unsaturated/α-hetero) is 1. The normalized spacial score (nSPS) is 17.9. The van der Waals surface area contributed by atoms with Crippen molar-refractivity contribution in [1.82, 2.24) is 0 Å². The molecule has 20 heavy (non-hydrogen) atoms. The van der Waals surface area contributed by atoms with Gasteiger partial charge in [0.1, 0.15) is 0 Å². The summed E-state index contributed by atoms with van der Waals surface area (Å²) in [6.45, 7) is 2.07. The second kappa shape index (κ2) is 5.56. The molecule has 0 radical (unpaired) electrons. The zero-order valence-corrected chi connectivity index (χ0v) is 12.8. The van der Waals surface area contributed by atoms with Crippen LogP contribution >= 0.6 is 0 Å². The van der Waals surface area contributed by atoms with E-state index in [0.717, 1.165) is 38.4 Å². The van der Waals surface area contributed by atoms with E-state index in [0.29, 0.717) is 11.3 Å². The lowest BCUT2D eigenvalue weighted by atomic mass is 9.76. The summed E-state index contributed by atoms with van der Waals surface area (Å²) in [7, 11) is -3.28. The second-order valence-corrected chi connectivity index (χ2v) is 7.37. The Hall–Kier alpha value is -1.36. The topological polar surface area (TPSA) is 63.2 Å². The minimum atomic E-state index is -3.28. The first-order valence-electron chi connectivity index (χ1n) is 6.99. The Labute approximate surface area is 120 Å². The minimum Gasteiger partial charge on any atom is -0.294 e. The highest BCUT2D eigenvalue weighted by Crippen LogP contribution is 2.43. The van der Waals surface area contributed by atoms with E-state index in [-0.39, 0.29) is 11.2 Å². The van der Waals surface area contributed by atoms with Gasteiger partial charge in [0.25, 0.3) is 0 Å². The van der Waals surface area contributed by atoms with Gasteiger partial charge in [0.15, 0.2) is 5.78 Å². The monoisotopic (exact) mass is 295 g/mol. The molecule has 1 aliphatic rings. The van der Waals surface area contributed by atoms with Gasteiger partial charge in [-0.25, -0.2) is 8.42 Å². The van der Waals surface area contributed by atoms with Gasteiger partial charge in [-0.2, -0.15) is 0 Å². The van der Waals surface area contributed by atoms with Crippen LogP contribution in [0.5, 0.6) is 0 Å². The first-order valence-corrected chi connectivity index (χ1v) is 8.88. The smallest absolute Gasteiger partial charge is 0.229 e. The Morgan fingerprint density at radius 2 is 1.75 bits per heavy atom. The number of nitrogens with one attached hydrogen (secondary N) is 1. The van der Waals surface area contributed by atoms with Crippen molar-refractivity contribution in [2.75, 3.05) is 11.0 Å². The van der Waals surface area contributed by atoms with Crippen LogP contribution in [0.1, 0.15) is 49.4 Å². The van der Waals surface area contributed by atoms with Gasteiger partial charge in [0.2, 0.25) is 10.0 Å². The molecule has 5 heteroatoms. The fourth-order valence-electron chi connectivity index (χ4n) is 3.00. The average molecular weight is 295 g/mol. The molecular formula is C15H21NO3S. The molecule has 1 aromatic rings. The lowest BCUT2D eigenvalue weighted by molar-refractivity contribution is 0.0791. The molecular weight excluding hydrogens is 274 g/mol. The molecule has 1 aromatic carbocycles. The zero-order chi connectivity index (χ0) is 14.8. The van der Waals surface area contributed by atoms with Crippen LogP contribution < -0.4 is 4.72 Å². The van der Waals surface area contributed by atoms with Gasteiger partial charge < -0.3 is 0 Å². The molecule has 0 unspecified atom stereocenters. The van der Waals surface area contributed by atoms with Gasteiger partial charge in [-0.3, -0.25) is 9.52 Å². The van der Waals surface area contributed by atoms with E-state index >= 15 is 0 Å². The average Bonchev–Trinajstić information content (AvgIpc) is 2.87.